The predicted molar refractivity (Wildman–Crippen MR) is 105 cm³/mol. The SMILES string of the molecule is NC(=O)C1CCN(C(=O)C(=Cc2cccs2)NC(=O)c2ccccc2)CC1. The maximum atomic E-state index is 13.0. The van der Waals surface area contributed by atoms with E-state index in [1.807, 2.05) is 23.6 Å². The standard InChI is InChI=1S/C20H21N3O3S/c21-18(24)14-8-10-23(11-9-14)20(26)17(13-16-7-4-12-27-16)22-19(25)15-5-2-1-3-6-15/h1-7,12-14H,8-11H2,(H2,21,24)(H,22,25). The van der Waals surface area contributed by atoms with Crippen LogP contribution >= 0.6 is 11.3 Å². The van der Waals surface area contributed by atoms with Gasteiger partial charge < -0.3 is 16.0 Å². The zero-order chi connectivity index (χ0) is 19.2. The fraction of sp³-hybridized carbons (Fsp3) is 0.250. The van der Waals surface area contributed by atoms with Crippen LogP contribution in [0.2, 0.25) is 0 Å². The van der Waals surface area contributed by atoms with E-state index in [1.165, 1.54) is 11.3 Å². The molecule has 3 rings (SSSR count). The average Bonchev–Trinajstić information content (AvgIpc) is 3.20. The number of carbonyl (C=O) groups is 3. The molecule has 2 aromatic rings. The maximum absolute atomic E-state index is 13.0. The Kier molecular flexibility index (Phi) is 6.03. The molecule has 1 aromatic heterocycles. The van der Waals surface area contributed by atoms with Gasteiger partial charge in [-0.25, -0.2) is 0 Å². The molecule has 3 amide bonds. The zero-order valence-electron chi connectivity index (χ0n) is 14.8. The highest BCUT2D eigenvalue weighted by atomic mass is 32.1. The maximum Gasteiger partial charge on any atom is 0.270 e. The van der Waals surface area contributed by atoms with Gasteiger partial charge in [0.15, 0.2) is 0 Å². The van der Waals surface area contributed by atoms with Gasteiger partial charge in [0.25, 0.3) is 11.8 Å². The molecular weight excluding hydrogens is 362 g/mol. The third kappa shape index (κ3) is 4.83. The number of carbonyl (C=O) groups excluding carboxylic acids is 3. The van der Waals surface area contributed by atoms with Gasteiger partial charge in [-0.3, -0.25) is 14.4 Å². The number of nitrogens with one attached hydrogen (secondary N) is 1. The summed E-state index contributed by atoms with van der Waals surface area (Å²) in [5, 5.41) is 4.66. The second-order valence-electron chi connectivity index (χ2n) is 6.36. The quantitative estimate of drug-likeness (QED) is 0.776. The highest BCUT2D eigenvalue weighted by molar-refractivity contribution is 7.10. The van der Waals surface area contributed by atoms with Crippen LogP contribution in [0.5, 0.6) is 0 Å². The van der Waals surface area contributed by atoms with Gasteiger partial charge in [0.05, 0.1) is 0 Å². The summed E-state index contributed by atoms with van der Waals surface area (Å²) in [5.41, 5.74) is 6.07. The molecule has 6 nitrogen and oxygen atoms in total. The second-order valence-corrected chi connectivity index (χ2v) is 7.34. The number of benzene rings is 1. The van der Waals surface area contributed by atoms with E-state index in [9.17, 15) is 14.4 Å². The Morgan fingerprint density at radius 3 is 2.37 bits per heavy atom. The Morgan fingerprint density at radius 2 is 1.78 bits per heavy atom. The van der Waals surface area contributed by atoms with Crippen molar-refractivity contribution in [2.24, 2.45) is 11.7 Å². The molecule has 0 aliphatic carbocycles. The first kappa shape index (κ1) is 18.8. The molecule has 0 bridgehead atoms. The van der Waals surface area contributed by atoms with E-state index in [4.69, 9.17) is 5.73 Å². The molecule has 1 aliphatic rings. The van der Waals surface area contributed by atoms with Crippen LogP contribution in [0.4, 0.5) is 0 Å². The van der Waals surface area contributed by atoms with Crippen LogP contribution in [0.3, 0.4) is 0 Å². The van der Waals surface area contributed by atoms with Crippen molar-refractivity contribution in [3.05, 3.63) is 64.0 Å². The molecule has 0 unspecified atom stereocenters. The van der Waals surface area contributed by atoms with Crippen molar-refractivity contribution in [2.75, 3.05) is 13.1 Å². The lowest BCUT2D eigenvalue weighted by atomic mass is 9.96. The number of hydrogen-bond donors (Lipinski definition) is 2. The molecule has 27 heavy (non-hydrogen) atoms. The third-order valence-electron chi connectivity index (χ3n) is 4.53. The largest absolute Gasteiger partial charge is 0.369 e. The first-order chi connectivity index (χ1) is 13.0. The minimum Gasteiger partial charge on any atom is -0.369 e. The Labute approximate surface area is 161 Å². The highest BCUT2D eigenvalue weighted by Gasteiger charge is 2.28. The zero-order valence-corrected chi connectivity index (χ0v) is 15.6. The lowest BCUT2D eigenvalue weighted by molar-refractivity contribution is -0.131. The van der Waals surface area contributed by atoms with E-state index in [2.05, 4.69) is 5.32 Å². The summed E-state index contributed by atoms with van der Waals surface area (Å²) in [6.45, 7) is 0.880. The van der Waals surface area contributed by atoms with E-state index in [0.717, 1.165) is 4.88 Å². The molecule has 1 fully saturated rings. The molecule has 0 radical (unpaired) electrons. The summed E-state index contributed by atoms with van der Waals surface area (Å²) < 4.78 is 0. The number of likely N-dealkylation sites (tertiary alicyclic amines) is 1. The molecule has 1 aliphatic heterocycles. The monoisotopic (exact) mass is 383 g/mol. The topological polar surface area (TPSA) is 92.5 Å². The molecule has 7 heteroatoms. The molecule has 0 atom stereocenters. The van der Waals surface area contributed by atoms with Gasteiger partial charge >= 0.3 is 0 Å². The fourth-order valence-electron chi connectivity index (χ4n) is 2.99. The van der Waals surface area contributed by atoms with E-state index in [0.29, 0.717) is 31.5 Å². The molecule has 3 N–H and O–H groups in total. The summed E-state index contributed by atoms with van der Waals surface area (Å²) in [7, 11) is 0. The molecule has 0 saturated carbocycles. The van der Waals surface area contributed by atoms with Crippen LogP contribution in [-0.4, -0.2) is 35.7 Å². The van der Waals surface area contributed by atoms with E-state index >= 15 is 0 Å². The van der Waals surface area contributed by atoms with Gasteiger partial charge in [0.1, 0.15) is 5.70 Å². The number of rotatable bonds is 5. The van der Waals surface area contributed by atoms with Gasteiger partial charge in [-0.2, -0.15) is 0 Å². The van der Waals surface area contributed by atoms with E-state index < -0.39 is 0 Å². The molecule has 0 spiro atoms. The van der Waals surface area contributed by atoms with Crippen molar-refractivity contribution in [3.63, 3.8) is 0 Å². The first-order valence-corrected chi connectivity index (χ1v) is 9.63. The van der Waals surface area contributed by atoms with Gasteiger partial charge in [-0.1, -0.05) is 24.3 Å². The van der Waals surface area contributed by atoms with Crippen molar-refractivity contribution in [1.29, 1.82) is 0 Å². The Morgan fingerprint density at radius 1 is 1.07 bits per heavy atom. The number of primary amides is 1. The summed E-state index contributed by atoms with van der Waals surface area (Å²) >= 11 is 1.48. The number of nitrogens with two attached hydrogens (primary N) is 1. The fourth-order valence-corrected chi connectivity index (χ4v) is 3.65. The number of hydrogen-bond acceptors (Lipinski definition) is 4. The number of nitrogens with zero attached hydrogens (tertiary/aromatic N) is 1. The number of amides is 3. The third-order valence-corrected chi connectivity index (χ3v) is 5.35. The number of piperidine rings is 1. The molecular formula is C20H21N3O3S. The number of thiophene rings is 1. The van der Waals surface area contributed by atoms with Gasteiger partial charge in [-0.05, 0) is 42.5 Å². The van der Waals surface area contributed by atoms with Crippen LogP contribution in [-0.2, 0) is 9.59 Å². The van der Waals surface area contributed by atoms with Crippen molar-refractivity contribution in [3.8, 4) is 0 Å². The van der Waals surface area contributed by atoms with E-state index in [1.54, 1.807) is 35.2 Å². The lowest BCUT2D eigenvalue weighted by Gasteiger charge is -2.31. The summed E-state index contributed by atoms with van der Waals surface area (Å²) in [4.78, 5) is 39.4. The van der Waals surface area contributed by atoms with E-state index in [-0.39, 0.29) is 29.3 Å². The van der Waals surface area contributed by atoms with Crippen LogP contribution in [0.25, 0.3) is 6.08 Å². The van der Waals surface area contributed by atoms with Crippen molar-refractivity contribution >= 4 is 35.1 Å². The Bertz CT molecular complexity index is 839. The molecule has 1 saturated heterocycles. The minimum atomic E-state index is -0.334. The van der Waals surface area contributed by atoms with Crippen LogP contribution in [0, 0.1) is 5.92 Å². The summed E-state index contributed by atoms with van der Waals surface area (Å²) in [6.07, 6.45) is 2.77. The lowest BCUT2D eigenvalue weighted by Crippen LogP contribution is -2.44. The molecule has 140 valence electrons. The molecule has 2 heterocycles. The predicted octanol–water partition coefficient (Wildman–Crippen LogP) is 2.24. The Hall–Kier alpha value is -2.93. The van der Waals surface area contributed by atoms with Crippen molar-refractivity contribution < 1.29 is 14.4 Å². The molecule has 1 aromatic carbocycles. The first-order valence-electron chi connectivity index (χ1n) is 8.75. The Balaban J connectivity index is 1.77. The van der Waals surface area contributed by atoms with Gasteiger partial charge in [0, 0.05) is 29.4 Å². The van der Waals surface area contributed by atoms with Crippen LogP contribution in [0.1, 0.15) is 28.1 Å². The smallest absolute Gasteiger partial charge is 0.270 e. The van der Waals surface area contributed by atoms with Crippen LogP contribution < -0.4 is 11.1 Å². The minimum absolute atomic E-state index is 0.197. The van der Waals surface area contributed by atoms with Crippen molar-refractivity contribution in [1.82, 2.24) is 10.2 Å². The van der Waals surface area contributed by atoms with Crippen LogP contribution in [0.15, 0.2) is 53.5 Å². The van der Waals surface area contributed by atoms with Gasteiger partial charge in [-0.15, -0.1) is 11.3 Å². The summed E-state index contributed by atoms with van der Waals surface area (Å²) in [6, 6.07) is 12.5. The second kappa shape index (κ2) is 8.64. The highest BCUT2D eigenvalue weighted by Crippen LogP contribution is 2.20. The van der Waals surface area contributed by atoms with Crippen molar-refractivity contribution in [2.45, 2.75) is 12.8 Å². The average molecular weight is 383 g/mol. The van der Waals surface area contributed by atoms with Gasteiger partial charge in [0.2, 0.25) is 5.91 Å². The normalized spacial score (nSPS) is 15.4. The summed E-state index contributed by atoms with van der Waals surface area (Å²) in [5.74, 6) is -1.11.